The molecule has 0 unspecified atom stereocenters. The minimum absolute atomic E-state index is 0.0986. The molecule has 0 amide bonds. The van der Waals surface area contributed by atoms with Crippen LogP contribution in [0.3, 0.4) is 0 Å². The van der Waals surface area contributed by atoms with Crippen molar-refractivity contribution < 1.29 is 9.13 Å². The van der Waals surface area contributed by atoms with E-state index in [0.717, 1.165) is 6.20 Å². The first kappa shape index (κ1) is 13.4. The first-order chi connectivity index (χ1) is 8.60. The summed E-state index contributed by atoms with van der Waals surface area (Å²) >= 11 is 17.3. The molecule has 0 fully saturated rings. The van der Waals surface area contributed by atoms with E-state index < -0.39 is 5.82 Å². The largest absolute Gasteiger partial charge is 0.439 e. The van der Waals surface area contributed by atoms with E-state index in [9.17, 15) is 4.39 Å². The Labute approximate surface area is 118 Å². The highest BCUT2D eigenvalue weighted by molar-refractivity contribution is 6.42. The van der Waals surface area contributed by atoms with Gasteiger partial charge < -0.3 is 4.74 Å². The minimum Gasteiger partial charge on any atom is -0.439 e. The molecular weight excluding hydrogens is 299 g/mol. The van der Waals surface area contributed by atoms with E-state index in [2.05, 4.69) is 4.98 Å². The summed E-state index contributed by atoms with van der Waals surface area (Å²) in [5.41, 5.74) is 0.461. The van der Waals surface area contributed by atoms with E-state index >= 15 is 0 Å². The van der Waals surface area contributed by atoms with E-state index in [1.807, 2.05) is 0 Å². The molecule has 0 N–H and O–H groups in total. The predicted molar refractivity (Wildman–Crippen MR) is 70.3 cm³/mol. The summed E-state index contributed by atoms with van der Waals surface area (Å²) in [6.45, 7) is 0. The van der Waals surface area contributed by atoms with Crippen LogP contribution in [0.2, 0.25) is 10.0 Å². The van der Waals surface area contributed by atoms with Crippen molar-refractivity contribution in [2.75, 3.05) is 0 Å². The SMILES string of the molecule is Fc1cnc(Oc2ccc(Cl)c(Cl)c2)c(CCl)c1. The molecule has 2 rings (SSSR count). The fourth-order valence-electron chi connectivity index (χ4n) is 1.31. The van der Waals surface area contributed by atoms with Crippen molar-refractivity contribution in [1.82, 2.24) is 4.98 Å². The quantitative estimate of drug-likeness (QED) is 0.740. The van der Waals surface area contributed by atoms with Gasteiger partial charge in [0.05, 0.1) is 22.1 Å². The highest BCUT2D eigenvalue weighted by Gasteiger charge is 2.08. The number of aromatic nitrogens is 1. The maximum absolute atomic E-state index is 13.0. The van der Waals surface area contributed by atoms with Crippen LogP contribution < -0.4 is 4.74 Å². The second-order valence-electron chi connectivity index (χ2n) is 3.43. The van der Waals surface area contributed by atoms with Gasteiger partial charge in [-0.1, -0.05) is 23.2 Å². The van der Waals surface area contributed by atoms with Gasteiger partial charge in [-0.25, -0.2) is 9.37 Å². The Kier molecular flexibility index (Phi) is 4.27. The Morgan fingerprint density at radius 1 is 1.17 bits per heavy atom. The molecule has 0 aliphatic heterocycles. The third kappa shape index (κ3) is 3.05. The summed E-state index contributed by atoms with van der Waals surface area (Å²) in [5.74, 6) is 0.327. The number of rotatable bonds is 3. The summed E-state index contributed by atoms with van der Waals surface area (Å²) < 4.78 is 18.5. The average molecular weight is 307 g/mol. The standard InChI is InChI=1S/C12H7Cl3FNO/c13-5-7-3-8(16)6-17-12(7)18-9-1-2-10(14)11(15)4-9/h1-4,6H,5H2. The van der Waals surface area contributed by atoms with Crippen molar-refractivity contribution in [3.05, 3.63) is 51.9 Å². The zero-order valence-corrected chi connectivity index (χ0v) is 11.2. The van der Waals surface area contributed by atoms with Crippen LogP contribution in [0, 0.1) is 5.82 Å². The molecule has 1 aromatic heterocycles. The second-order valence-corrected chi connectivity index (χ2v) is 4.51. The third-order valence-electron chi connectivity index (χ3n) is 2.14. The first-order valence-electron chi connectivity index (χ1n) is 4.93. The van der Waals surface area contributed by atoms with E-state index in [1.54, 1.807) is 18.2 Å². The smallest absolute Gasteiger partial charge is 0.223 e. The highest BCUT2D eigenvalue weighted by atomic mass is 35.5. The van der Waals surface area contributed by atoms with Crippen molar-refractivity contribution in [3.8, 4) is 11.6 Å². The molecule has 0 saturated carbocycles. The van der Waals surface area contributed by atoms with Crippen LogP contribution in [-0.4, -0.2) is 4.98 Å². The number of alkyl halides is 1. The maximum Gasteiger partial charge on any atom is 0.223 e. The number of ether oxygens (including phenoxy) is 1. The van der Waals surface area contributed by atoms with Crippen LogP contribution in [-0.2, 0) is 5.88 Å². The highest BCUT2D eigenvalue weighted by Crippen LogP contribution is 2.30. The molecular formula is C12H7Cl3FNO. The second kappa shape index (κ2) is 5.74. The Balaban J connectivity index is 2.30. The van der Waals surface area contributed by atoms with Crippen LogP contribution in [0.25, 0.3) is 0 Å². The van der Waals surface area contributed by atoms with Gasteiger partial charge in [0, 0.05) is 11.6 Å². The molecule has 94 valence electrons. The Hall–Kier alpha value is -1.03. The van der Waals surface area contributed by atoms with Gasteiger partial charge in [-0.3, -0.25) is 0 Å². The minimum atomic E-state index is -0.466. The van der Waals surface area contributed by atoms with Crippen LogP contribution in [0.5, 0.6) is 11.6 Å². The number of nitrogens with zero attached hydrogens (tertiary/aromatic N) is 1. The monoisotopic (exact) mass is 305 g/mol. The summed E-state index contributed by atoms with van der Waals surface area (Å²) in [6, 6.07) is 6.06. The van der Waals surface area contributed by atoms with Crippen molar-refractivity contribution in [3.63, 3.8) is 0 Å². The van der Waals surface area contributed by atoms with E-state index in [-0.39, 0.29) is 11.8 Å². The van der Waals surface area contributed by atoms with Crippen LogP contribution >= 0.6 is 34.8 Å². The van der Waals surface area contributed by atoms with Gasteiger partial charge in [0.1, 0.15) is 11.6 Å². The van der Waals surface area contributed by atoms with Gasteiger partial charge in [0.25, 0.3) is 0 Å². The Morgan fingerprint density at radius 3 is 2.61 bits per heavy atom. The number of pyridine rings is 1. The van der Waals surface area contributed by atoms with Gasteiger partial charge in [0.2, 0.25) is 5.88 Å². The molecule has 0 saturated heterocycles. The molecule has 0 atom stereocenters. The molecule has 2 aromatic rings. The summed E-state index contributed by atoms with van der Waals surface area (Å²) in [6.07, 6.45) is 1.06. The third-order valence-corrected chi connectivity index (χ3v) is 3.17. The average Bonchev–Trinajstić information content (AvgIpc) is 2.36. The Bertz CT molecular complexity index is 577. The number of halogens is 4. The molecule has 0 spiro atoms. The number of hydrogen-bond donors (Lipinski definition) is 0. The van der Waals surface area contributed by atoms with E-state index in [1.165, 1.54) is 6.07 Å². The fraction of sp³-hybridized carbons (Fsp3) is 0.0833. The van der Waals surface area contributed by atoms with Gasteiger partial charge in [0.15, 0.2) is 0 Å². The van der Waals surface area contributed by atoms with E-state index in [4.69, 9.17) is 39.5 Å². The number of benzene rings is 1. The van der Waals surface area contributed by atoms with Crippen molar-refractivity contribution in [2.45, 2.75) is 5.88 Å². The molecule has 6 heteroatoms. The lowest BCUT2D eigenvalue weighted by Gasteiger charge is -2.08. The summed E-state index contributed by atoms with van der Waals surface area (Å²) in [4.78, 5) is 3.84. The topological polar surface area (TPSA) is 22.1 Å². The molecule has 1 heterocycles. The molecule has 0 radical (unpaired) electrons. The lowest BCUT2D eigenvalue weighted by Crippen LogP contribution is -1.94. The van der Waals surface area contributed by atoms with Gasteiger partial charge in [-0.05, 0) is 18.2 Å². The normalized spacial score (nSPS) is 10.4. The molecule has 2 nitrogen and oxygen atoms in total. The number of hydrogen-bond acceptors (Lipinski definition) is 2. The molecule has 0 bridgehead atoms. The van der Waals surface area contributed by atoms with Crippen molar-refractivity contribution in [1.29, 1.82) is 0 Å². The molecule has 0 aliphatic carbocycles. The lowest BCUT2D eigenvalue weighted by molar-refractivity contribution is 0.454. The van der Waals surface area contributed by atoms with Crippen molar-refractivity contribution in [2.24, 2.45) is 0 Å². The first-order valence-corrected chi connectivity index (χ1v) is 6.22. The van der Waals surface area contributed by atoms with E-state index in [0.29, 0.717) is 21.4 Å². The van der Waals surface area contributed by atoms with Crippen LogP contribution in [0.1, 0.15) is 5.56 Å². The lowest BCUT2D eigenvalue weighted by atomic mass is 10.3. The zero-order chi connectivity index (χ0) is 13.1. The van der Waals surface area contributed by atoms with Gasteiger partial charge in [-0.2, -0.15) is 0 Å². The van der Waals surface area contributed by atoms with Gasteiger partial charge in [-0.15, -0.1) is 11.6 Å². The van der Waals surface area contributed by atoms with Crippen molar-refractivity contribution >= 4 is 34.8 Å². The summed E-state index contributed by atoms with van der Waals surface area (Å²) in [5, 5.41) is 0.789. The summed E-state index contributed by atoms with van der Waals surface area (Å²) in [7, 11) is 0. The van der Waals surface area contributed by atoms with Crippen LogP contribution in [0.15, 0.2) is 30.5 Å². The molecule has 0 aliphatic rings. The van der Waals surface area contributed by atoms with Crippen LogP contribution in [0.4, 0.5) is 4.39 Å². The van der Waals surface area contributed by atoms with Gasteiger partial charge >= 0.3 is 0 Å². The maximum atomic E-state index is 13.0. The zero-order valence-electron chi connectivity index (χ0n) is 8.96. The molecule has 18 heavy (non-hydrogen) atoms. The fourth-order valence-corrected chi connectivity index (χ4v) is 1.79. The Morgan fingerprint density at radius 2 is 1.94 bits per heavy atom. The molecule has 1 aromatic carbocycles. The predicted octanol–water partition coefficient (Wildman–Crippen LogP) is 5.06.